The van der Waals surface area contributed by atoms with Gasteiger partial charge in [-0.25, -0.2) is 0 Å². The predicted octanol–water partition coefficient (Wildman–Crippen LogP) is 1.61. The number of nitrogens with zero attached hydrogens (tertiary/aromatic N) is 3. The maximum Gasteiger partial charge on any atom is 0.273 e. The average molecular weight is 360 g/mol. The number of carbonyl (C=O) groups excluding carboxylic acids is 2. The second-order valence-corrected chi connectivity index (χ2v) is 8.14. The van der Waals surface area contributed by atoms with Crippen LogP contribution in [0.1, 0.15) is 61.7 Å². The maximum absolute atomic E-state index is 12.5. The van der Waals surface area contributed by atoms with Crippen molar-refractivity contribution in [2.75, 3.05) is 26.2 Å². The second-order valence-electron chi connectivity index (χ2n) is 8.14. The summed E-state index contributed by atoms with van der Waals surface area (Å²) in [5.41, 5.74) is 0.396. The van der Waals surface area contributed by atoms with Crippen molar-refractivity contribution in [1.82, 2.24) is 20.3 Å². The molecule has 26 heavy (non-hydrogen) atoms. The smallest absolute Gasteiger partial charge is 0.273 e. The van der Waals surface area contributed by atoms with Gasteiger partial charge in [-0.1, -0.05) is 12.1 Å². The molecule has 7 heteroatoms. The average Bonchev–Trinajstić information content (AvgIpc) is 3.25. The zero-order valence-corrected chi connectivity index (χ0v) is 15.6. The van der Waals surface area contributed by atoms with Crippen molar-refractivity contribution >= 4 is 11.8 Å². The third-order valence-electron chi connectivity index (χ3n) is 6.12. The molecule has 1 N–H and O–H groups in total. The Morgan fingerprint density at radius 3 is 2.58 bits per heavy atom. The van der Waals surface area contributed by atoms with Gasteiger partial charge in [0.15, 0.2) is 5.69 Å². The molecule has 7 nitrogen and oxygen atoms in total. The summed E-state index contributed by atoms with van der Waals surface area (Å²) in [4.78, 5) is 28.4. The van der Waals surface area contributed by atoms with Crippen LogP contribution >= 0.6 is 0 Å². The molecule has 1 aromatic heterocycles. The third-order valence-corrected chi connectivity index (χ3v) is 6.12. The highest BCUT2D eigenvalue weighted by atomic mass is 16.5. The fourth-order valence-corrected chi connectivity index (χ4v) is 4.24. The van der Waals surface area contributed by atoms with Gasteiger partial charge in [-0.15, -0.1) is 0 Å². The van der Waals surface area contributed by atoms with Gasteiger partial charge in [0.25, 0.3) is 5.91 Å². The normalized spacial score (nSPS) is 27.7. The van der Waals surface area contributed by atoms with E-state index in [0.717, 1.165) is 57.6 Å². The van der Waals surface area contributed by atoms with E-state index in [9.17, 15) is 9.59 Å². The van der Waals surface area contributed by atoms with Crippen LogP contribution in [-0.2, 0) is 4.79 Å². The van der Waals surface area contributed by atoms with Crippen LogP contribution in [0.4, 0.5) is 0 Å². The number of piperidine rings is 1. The van der Waals surface area contributed by atoms with Crippen molar-refractivity contribution in [2.45, 2.75) is 57.5 Å². The monoisotopic (exact) mass is 360 g/mol. The number of amides is 2. The number of carbonyl (C=O) groups is 2. The minimum atomic E-state index is -0.134. The lowest BCUT2D eigenvalue weighted by Gasteiger charge is -2.36. The van der Waals surface area contributed by atoms with Crippen molar-refractivity contribution in [1.29, 1.82) is 0 Å². The molecule has 0 spiro atoms. The van der Waals surface area contributed by atoms with Crippen LogP contribution < -0.4 is 5.32 Å². The van der Waals surface area contributed by atoms with Gasteiger partial charge >= 0.3 is 0 Å². The maximum atomic E-state index is 12.5. The lowest BCUT2D eigenvalue weighted by atomic mass is 10.0. The quantitative estimate of drug-likeness (QED) is 0.883. The SMILES string of the molecule is CC(=O)N1CCC(N2CC(C)C(NC(=O)c3cc(C4CC4)on3)C2)CC1. The van der Waals surface area contributed by atoms with E-state index in [1.54, 1.807) is 13.0 Å². The lowest BCUT2D eigenvalue weighted by Crippen LogP contribution is -2.46. The van der Waals surface area contributed by atoms with Crippen LogP contribution in [0.5, 0.6) is 0 Å². The van der Waals surface area contributed by atoms with E-state index in [0.29, 0.717) is 23.6 Å². The first-order chi connectivity index (χ1) is 12.5. The van der Waals surface area contributed by atoms with E-state index in [2.05, 4.69) is 22.3 Å². The van der Waals surface area contributed by atoms with E-state index in [4.69, 9.17) is 4.52 Å². The second kappa shape index (κ2) is 7.02. The number of likely N-dealkylation sites (tertiary alicyclic amines) is 2. The van der Waals surface area contributed by atoms with Gasteiger partial charge in [-0.2, -0.15) is 0 Å². The van der Waals surface area contributed by atoms with E-state index in [-0.39, 0.29) is 17.9 Å². The zero-order chi connectivity index (χ0) is 18.3. The fraction of sp³-hybridized carbons (Fsp3) is 0.737. The summed E-state index contributed by atoms with van der Waals surface area (Å²) < 4.78 is 5.29. The molecule has 2 unspecified atom stereocenters. The molecule has 142 valence electrons. The van der Waals surface area contributed by atoms with Crippen LogP contribution in [-0.4, -0.2) is 65.0 Å². The largest absolute Gasteiger partial charge is 0.360 e. The summed E-state index contributed by atoms with van der Waals surface area (Å²) in [5.74, 6) is 1.74. The summed E-state index contributed by atoms with van der Waals surface area (Å²) >= 11 is 0. The van der Waals surface area contributed by atoms with E-state index < -0.39 is 0 Å². The summed E-state index contributed by atoms with van der Waals surface area (Å²) in [6.07, 6.45) is 4.29. The highest BCUT2D eigenvalue weighted by Gasteiger charge is 2.36. The Morgan fingerprint density at radius 1 is 1.19 bits per heavy atom. The zero-order valence-electron chi connectivity index (χ0n) is 15.6. The summed E-state index contributed by atoms with van der Waals surface area (Å²) in [6, 6.07) is 2.43. The van der Waals surface area contributed by atoms with E-state index >= 15 is 0 Å². The first-order valence-corrected chi connectivity index (χ1v) is 9.78. The Labute approximate surface area is 154 Å². The highest BCUT2D eigenvalue weighted by Crippen LogP contribution is 2.40. The molecule has 1 aliphatic carbocycles. The van der Waals surface area contributed by atoms with Crippen LogP contribution in [0.15, 0.2) is 10.6 Å². The number of hydrogen-bond donors (Lipinski definition) is 1. The predicted molar refractivity (Wildman–Crippen MR) is 95.7 cm³/mol. The molecule has 0 radical (unpaired) electrons. The van der Waals surface area contributed by atoms with Crippen LogP contribution in [0.25, 0.3) is 0 Å². The van der Waals surface area contributed by atoms with Gasteiger partial charge in [0.2, 0.25) is 5.91 Å². The molecular formula is C19H28N4O3. The van der Waals surface area contributed by atoms with Gasteiger partial charge in [-0.05, 0) is 31.6 Å². The number of aromatic nitrogens is 1. The number of rotatable bonds is 4. The van der Waals surface area contributed by atoms with Crippen LogP contribution in [0.3, 0.4) is 0 Å². The molecule has 4 rings (SSSR count). The Kier molecular flexibility index (Phi) is 4.73. The summed E-state index contributed by atoms with van der Waals surface area (Å²) in [7, 11) is 0. The molecule has 2 saturated heterocycles. The van der Waals surface area contributed by atoms with E-state index in [1.807, 2.05) is 4.90 Å². The third kappa shape index (κ3) is 3.63. The molecule has 3 aliphatic rings. The van der Waals surface area contributed by atoms with Crippen molar-refractivity contribution in [3.8, 4) is 0 Å². The molecular weight excluding hydrogens is 332 g/mol. The Bertz CT molecular complexity index is 676. The van der Waals surface area contributed by atoms with Crippen molar-refractivity contribution in [3.63, 3.8) is 0 Å². The fourth-order valence-electron chi connectivity index (χ4n) is 4.24. The summed E-state index contributed by atoms with van der Waals surface area (Å²) in [5, 5.41) is 7.09. The number of nitrogens with one attached hydrogen (secondary N) is 1. The Balaban J connectivity index is 1.30. The number of hydrogen-bond acceptors (Lipinski definition) is 5. The molecule has 0 aromatic carbocycles. The molecule has 3 fully saturated rings. The molecule has 1 saturated carbocycles. The molecule has 0 bridgehead atoms. The molecule has 1 aromatic rings. The lowest BCUT2D eigenvalue weighted by molar-refractivity contribution is -0.130. The molecule has 2 amide bonds. The first kappa shape index (κ1) is 17.5. The Hall–Kier alpha value is -1.89. The standard InChI is InChI=1S/C19H28N4O3/c1-12-10-23(15-5-7-22(8-6-15)13(2)24)11-17(12)20-19(25)16-9-18(26-21-16)14-3-4-14/h9,12,14-15,17H,3-8,10-11H2,1-2H3,(H,20,25). The van der Waals surface area contributed by atoms with Crippen molar-refractivity contribution < 1.29 is 14.1 Å². The van der Waals surface area contributed by atoms with Gasteiger partial charge in [-0.3, -0.25) is 14.5 Å². The van der Waals surface area contributed by atoms with Crippen LogP contribution in [0.2, 0.25) is 0 Å². The topological polar surface area (TPSA) is 78.7 Å². The highest BCUT2D eigenvalue weighted by molar-refractivity contribution is 5.92. The van der Waals surface area contributed by atoms with Crippen molar-refractivity contribution in [3.05, 3.63) is 17.5 Å². The molecule has 2 atom stereocenters. The van der Waals surface area contributed by atoms with E-state index in [1.165, 1.54) is 0 Å². The minimum absolute atomic E-state index is 0.134. The van der Waals surface area contributed by atoms with Gasteiger partial charge in [0.1, 0.15) is 5.76 Å². The summed E-state index contributed by atoms with van der Waals surface area (Å²) in [6.45, 7) is 7.36. The first-order valence-electron chi connectivity index (χ1n) is 9.78. The van der Waals surface area contributed by atoms with Crippen LogP contribution in [0, 0.1) is 5.92 Å². The molecule has 3 heterocycles. The van der Waals surface area contributed by atoms with Gasteiger partial charge in [0.05, 0.1) is 0 Å². The van der Waals surface area contributed by atoms with Gasteiger partial charge < -0.3 is 14.7 Å². The minimum Gasteiger partial charge on any atom is -0.360 e. The van der Waals surface area contributed by atoms with Gasteiger partial charge in [0, 0.05) is 57.2 Å². The van der Waals surface area contributed by atoms with Crippen molar-refractivity contribution in [2.24, 2.45) is 5.92 Å². The Morgan fingerprint density at radius 2 is 1.92 bits per heavy atom. The molecule has 2 aliphatic heterocycles.